The maximum absolute atomic E-state index is 5.89. The molecule has 3 atom stereocenters. The minimum absolute atomic E-state index is 0.826. The topological polar surface area (TPSA) is 26.0 Å². The summed E-state index contributed by atoms with van der Waals surface area (Å²) in [5.74, 6) is 3.59. The van der Waals surface area contributed by atoms with E-state index in [1.807, 2.05) is 0 Å². The van der Waals surface area contributed by atoms with Crippen molar-refractivity contribution in [2.24, 2.45) is 29.4 Å². The maximum atomic E-state index is 5.89. The zero-order valence-corrected chi connectivity index (χ0v) is 10.8. The molecule has 1 saturated carbocycles. The predicted molar refractivity (Wildman–Crippen MR) is 67.7 cm³/mol. The van der Waals surface area contributed by atoms with Crippen molar-refractivity contribution < 1.29 is 0 Å². The summed E-state index contributed by atoms with van der Waals surface area (Å²) in [6.45, 7) is 7.97. The second-order valence-corrected chi connectivity index (χ2v) is 5.72. The summed E-state index contributed by atoms with van der Waals surface area (Å²) in [5.41, 5.74) is 5.89. The highest BCUT2D eigenvalue weighted by molar-refractivity contribution is 4.81. The van der Waals surface area contributed by atoms with Gasteiger partial charge in [0, 0.05) is 0 Å². The first-order chi connectivity index (χ1) is 7.19. The highest BCUT2D eigenvalue weighted by Crippen LogP contribution is 2.39. The van der Waals surface area contributed by atoms with E-state index in [2.05, 4.69) is 20.8 Å². The number of unbranched alkanes of at least 4 members (excludes halogenated alkanes) is 1. The van der Waals surface area contributed by atoms with Crippen molar-refractivity contribution in [1.29, 1.82) is 0 Å². The molecular weight excluding hydrogens is 182 g/mol. The van der Waals surface area contributed by atoms with Gasteiger partial charge in [0.05, 0.1) is 0 Å². The Hall–Kier alpha value is -0.0400. The lowest BCUT2D eigenvalue weighted by Crippen LogP contribution is -2.32. The Bertz CT molecular complexity index is 165. The van der Waals surface area contributed by atoms with Gasteiger partial charge in [-0.3, -0.25) is 0 Å². The summed E-state index contributed by atoms with van der Waals surface area (Å²) >= 11 is 0. The average Bonchev–Trinajstić information content (AvgIpc) is 2.25. The number of rotatable bonds is 5. The number of hydrogen-bond donors (Lipinski definition) is 1. The number of hydrogen-bond acceptors (Lipinski definition) is 1. The Balaban J connectivity index is 2.45. The Labute approximate surface area is 95.8 Å². The van der Waals surface area contributed by atoms with E-state index in [-0.39, 0.29) is 0 Å². The molecule has 0 heterocycles. The van der Waals surface area contributed by atoms with Gasteiger partial charge < -0.3 is 5.73 Å². The summed E-state index contributed by atoms with van der Waals surface area (Å²) < 4.78 is 0. The van der Waals surface area contributed by atoms with Gasteiger partial charge in [-0.2, -0.15) is 0 Å². The van der Waals surface area contributed by atoms with E-state index in [1.54, 1.807) is 0 Å². The van der Waals surface area contributed by atoms with Crippen molar-refractivity contribution in [3.63, 3.8) is 0 Å². The van der Waals surface area contributed by atoms with Crippen molar-refractivity contribution in [2.45, 2.75) is 59.3 Å². The van der Waals surface area contributed by atoms with Gasteiger partial charge in [0.2, 0.25) is 0 Å². The SMILES string of the molecule is CCCCC1CC(C(C)C)CCC1CN. The molecule has 2 N–H and O–H groups in total. The van der Waals surface area contributed by atoms with Crippen LogP contribution in [0.4, 0.5) is 0 Å². The van der Waals surface area contributed by atoms with Gasteiger partial charge in [0.25, 0.3) is 0 Å². The fourth-order valence-corrected chi connectivity index (χ4v) is 3.10. The zero-order valence-electron chi connectivity index (χ0n) is 10.8. The Morgan fingerprint density at radius 2 is 1.93 bits per heavy atom. The normalized spacial score (nSPS) is 32.2. The lowest BCUT2D eigenvalue weighted by Gasteiger charge is -2.37. The van der Waals surface area contributed by atoms with Crippen LogP contribution in [-0.2, 0) is 0 Å². The standard InChI is InChI=1S/C14H29N/c1-4-5-6-13-9-12(11(2)3)7-8-14(13)10-15/h11-14H,4-10,15H2,1-3H3. The molecule has 0 saturated heterocycles. The molecule has 1 fully saturated rings. The van der Waals surface area contributed by atoms with Gasteiger partial charge in [0.1, 0.15) is 0 Å². The summed E-state index contributed by atoms with van der Waals surface area (Å²) in [5, 5.41) is 0. The van der Waals surface area contributed by atoms with E-state index in [0.29, 0.717) is 0 Å². The molecule has 0 aromatic carbocycles. The molecule has 0 aromatic heterocycles. The summed E-state index contributed by atoms with van der Waals surface area (Å²) in [4.78, 5) is 0. The Morgan fingerprint density at radius 3 is 2.47 bits per heavy atom. The van der Waals surface area contributed by atoms with E-state index in [1.165, 1.54) is 38.5 Å². The maximum Gasteiger partial charge on any atom is -0.00462 e. The molecule has 90 valence electrons. The Morgan fingerprint density at radius 1 is 1.20 bits per heavy atom. The minimum Gasteiger partial charge on any atom is -0.330 e. The molecule has 3 unspecified atom stereocenters. The molecule has 15 heavy (non-hydrogen) atoms. The summed E-state index contributed by atoms with van der Waals surface area (Å²) in [7, 11) is 0. The number of nitrogens with two attached hydrogens (primary N) is 1. The molecule has 1 nitrogen and oxygen atoms in total. The van der Waals surface area contributed by atoms with E-state index in [9.17, 15) is 0 Å². The first kappa shape index (κ1) is 13.0. The molecular formula is C14H29N. The van der Waals surface area contributed by atoms with E-state index < -0.39 is 0 Å². The fourth-order valence-electron chi connectivity index (χ4n) is 3.10. The van der Waals surface area contributed by atoms with Crippen LogP contribution in [0, 0.1) is 23.7 Å². The molecule has 0 amide bonds. The fraction of sp³-hybridized carbons (Fsp3) is 1.00. The minimum atomic E-state index is 0.826. The molecule has 0 spiro atoms. The van der Waals surface area contributed by atoms with Crippen molar-refractivity contribution in [3.8, 4) is 0 Å². The van der Waals surface area contributed by atoms with Crippen LogP contribution in [0.25, 0.3) is 0 Å². The van der Waals surface area contributed by atoms with Crippen LogP contribution >= 0.6 is 0 Å². The van der Waals surface area contributed by atoms with Crippen molar-refractivity contribution in [3.05, 3.63) is 0 Å². The van der Waals surface area contributed by atoms with Crippen molar-refractivity contribution >= 4 is 0 Å². The van der Waals surface area contributed by atoms with Crippen LogP contribution in [0.5, 0.6) is 0 Å². The van der Waals surface area contributed by atoms with E-state index in [4.69, 9.17) is 5.73 Å². The summed E-state index contributed by atoms with van der Waals surface area (Å²) in [6, 6.07) is 0. The first-order valence-corrected chi connectivity index (χ1v) is 6.89. The van der Waals surface area contributed by atoms with Gasteiger partial charge in [0.15, 0.2) is 0 Å². The molecule has 1 aliphatic rings. The summed E-state index contributed by atoms with van der Waals surface area (Å²) in [6.07, 6.45) is 8.39. The second-order valence-electron chi connectivity index (χ2n) is 5.72. The highest BCUT2D eigenvalue weighted by Gasteiger charge is 2.30. The average molecular weight is 211 g/mol. The third-order valence-corrected chi connectivity index (χ3v) is 4.35. The predicted octanol–water partition coefficient (Wildman–Crippen LogP) is 3.82. The van der Waals surface area contributed by atoms with Crippen LogP contribution in [0.3, 0.4) is 0 Å². The van der Waals surface area contributed by atoms with Gasteiger partial charge in [-0.05, 0) is 49.5 Å². The third-order valence-electron chi connectivity index (χ3n) is 4.35. The van der Waals surface area contributed by atoms with Crippen molar-refractivity contribution in [2.75, 3.05) is 6.54 Å². The van der Waals surface area contributed by atoms with Crippen LogP contribution in [0.15, 0.2) is 0 Å². The lowest BCUT2D eigenvalue weighted by molar-refractivity contribution is 0.142. The third kappa shape index (κ3) is 3.79. The van der Waals surface area contributed by atoms with E-state index in [0.717, 1.165) is 30.2 Å². The molecule has 1 rings (SSSR count). The second kappa shape index (κ2) is 6.52. The van der Waals surface area contributed by atoms with Gasteiger partial charge in [-0.1, -0.05) is 40.0 Å². The largest absolute Gasteiger partial charge is 0.330 e. The smallest absolute Gasteiger partial charge is 0.00462 e. The monoisotopic (exact) mass is 211 g/mol. The Kier molecular flexibility index (Phi) is 5.66. The van der Waals surface area contributed by atoms with Crippen molar-refractivity contribution in [1.82, 2.24) is 0 Å². The van der Waals surface area contributed by atoms with Gasteiger partial charge in [-0.25, -0.2) is 0 Å². The van der Waals surface area contributed by atoms with Gasteiger partial charge >= 0.3 is 0 Å². The molecule has 1 heteroatoms. The molecule has 0 aliphatic heterocycles. The molecule has 0 aromatic rings. The van der Waals surface area contributed by atoms with E-state index >= 15 is 0 Å². The molecule has 0 radical (unpaired) electrons. The van der Waals surface area contributed by atoms with Crippen LogP contribution in [0.2, 0.25) is 0 Å². The lowest BCUT2D eigenvalue weighted by atomic mass is 9.69. The van der Waals surface area contributed by atoms with Gasteiger partial charge in [-0.15, -0.1) is 0 Å². The van der Waals surface area contributed by atoms with Crippen LogP contribution in [0.1, 0.15) is 59.3 Å². The molecule has 0 bridgehead atoms. The first-order valence-electron chi connectivity index (χ1n) is 6.89. The van der Waals surface area contributed by atoms with Crippen LogP contribution in [-0.4, -0.2) is 6.54 Å². The van der Waals surface area contributed by atoms with Crippen LogP contribution < -0.4 is 5.73 Å². The molecule has 1 aliphatic carbocycles. The zero-order chi connectivity index (χ0) is 11.3. The highest BCUT2D eigenvalue weighted by atomic mass is 14.6. The quantitative estimate of drug-likeness (QED) is 0.735.